The number of nitro benzene ring substituents is 1. The van der Waals surface area contributed by atoms with Crippen molar-refractivity contribution in [2.75, 3.05) is 5.32 Å². The molecule has 10 heteroatoms. The molecule has 2 aromatic rings. The van der Waals surface area contributed by atoms with Gasteiger partial charge in [-0.25, -0.2) is 9.59 Å². The van der Waals surface area contributed by atoms with E-state index in [9.17, 15) is 19.7 Å². The lowest BCUT2D eigenvalue weighted by Gasteiger charge is -2.31. The third kappa shape index (κ3) is 8.75. The number of alkyl carbamates (subject to hydrolysis) is 2. The summed E-state index contributed by atoms with van der Waals surface area (Å²) in [6.45, 7) is 5.71. The highest BCUT2D eigenvalue weighted by Crippen LogP contribution is 2.29. The van der Waals surface area contributed by atoms with Crippen LogP contribution in [0.3, 0.4) is 0 Å². The van der Waals surface area contributed by atoms with Crippen molar-refractivity contribution < 1.29 is 24.0 Å². The van der Waals surface area contributed by atoms with Gasteiger partial charge in [0.05, 0.1) is 4.92 Å². The van der Waals surface area contributed by atoms with Crippen LogP contribution in [0.5, 0.6) is 0 Å². The minimum atomic E-state index is -0.597. The van der Waals surface area contributed by atoms with Gasteiger partial charge in [-0.2, -0.15) is 0 Å². The summed E-state index contributed by atoms with van der Waals surface area (Å²) in [6.07, 6.45) is 1.99. The Balaban J connectivity index is 1.48. The van der Waals surface area contributed by atoms with Crippen molar-refractivity contribution in [2.24, 2.45) is 0 Å². The number of amides is 2. The molecule has 2 aromatic carbocycles. The lowest BCUT2D eigenvalue weighted by Crippen LogP contribution is -2.42. The number of ether oxygens (including phenoxy) is 2. The Bertz CT molecular complexity index is 1050. The number of nitrogens with zero attached hydrogens (tertiary/aromatic N) is 1. The fraction of sp³-hybridized carbons (Fsp3) is 0.462. The first-order valence-electron chi connectivity index (χ1n) is 12.1. The Morgan fingerprint density at radius 2 is 1.64 bits per heavy atom. The third-order valence-corrected chi connectivity index (χ3v) is 5.72. The fourth-order valence-electron chi connectivity index (χ4n) is 3.98. The maximum absolute atomic E-state index is 12.0. The Morgan fingerprint density at radius 1 is 0.972 bits per heavy atom. The molecule has 1 fully saturated rings. The molecule has 1 aliphatic carbocycles. The summed E-state index contributed by atoms with van der Waals surface area (Å²) in [6, 6.07) is 14.2. The smallest absolute Gasteiger partial charge is 0.407 e. The van der Waals surface area contributed by atoms with Gasteiger partial charge in [0.2, 0.25) is 0 Å². The van der Waals surface area contributed by atoms with Crippen LogP contribution >= 0.6 is 0 Å². The van der Waals surface area contributed by atoms with Gasteiger partial charge in [0.25, 0.3) is 5.69 Å². The van der Waals surface area contributed by atoms with Crippen molar-refractivity contribution in [2.45, 2.75) is 77.3 Å². The molecule has 0 aliphatic heterocycles. The van der Waals surface area contributed by atoms with E-state index >= 15 is 0 Å². The summed E-state index contributed by atoms with van der Waals surface area (Å²) in [7, 11) is 0. The molecule has 2 amide bonds. The molecule has 0 radical (unpaired) electrons. The molecule has 0 aromatic heterocycles. The average molecular weight is 499 g/mol. The summed E-state index contributed by atoms with van der Waals surface area (Å²) in [5.41, 5.74) is 1.29. The molecule has 36 heavy (non-hydrogen) atoms. The standard InChI is InChI=1S/C26H34N4O6/c1-26(2,3)36-25(32)29-21-12-10-20(11-13-21)28-22-14-9-19(15-23(22)30(33)34)16-27-24(31)35-17-18-7-5-4-6-8-18/h4-9,14-15,20-21,28H,10-13,16-17H2,1-3H3,(H,27,31)(H,29,32). The van der Waals surface area contributed by atoms with Gasteiger partial charge in [0.1, 0.15) is 17.9 Å². The number of anilines is 1. The topological polar surface area (TPSA) is 132 Å². The Morgan fingerprint density at radius 3 is 2.28 bits per heavy atom. The number of carbonyl (C=O) groups excluding carboxylic acids is 2. The van der Waals surface area contributed by atoms with Gasteiger partial charge in [0.15, 0.2) is 0 Å². The Hall–Kier alpha value is -3.82. The number of rotatable bonds is 8. The molecule has 0 heterocycles. The SMILES string of the molecule is CC(C)(C)OC(=O)NC1CCC(Nc2ccc(CNC(=O)OCc3ccccc3)cc2[N+](=O)[O-])CC1. The number of benzene rings is 2. The summed E-state index contributed by atoms with van der Waals surface area (Å²) in [5, 5.41) is 20.5. The molecule has 3 rings (SSSR count). The predicted molar refractivity (Wildman–Crippen MR) is 136 cm³/mol. The van der Waals surface area contributed by atoms with Gasteiger partial charge in [-0.15, -0.1) is 0 Å². The van der Waals surface area contributed by atoms with E-state index in [0.29, 0.717) is 11.3 Å². The zero-order valence-electron chi connectivity index (χ0n) is 20.9. The van der Waals surface area contributed by atoms with E-state index in [0.717, 1.165) is 31.2 Å². The zero-order valence-corrected chi connectivity index (χ0v) is 20.9. The van der Waals surface area contributed by atoms with E-state index in [1.165, 1.54) is 6.07 Å². The van der Waals surface area contributed by atoms with Gasteiger partial charge in [-0.3, -0.25) is 10.1 Å². The van der Waals surface area contributed by atoms with Crippen LogP contribution in [0, 0.1) is 10.1 Å². The van der Waals surface area contributed by atoms with Crippen molar-refractivity contribution in [3.05, 3.63) is 69.8 Å². The normalized spacial score (nSPS) is 17.5. The fourth-order valence-corrected chi connectivity index (χ4v) is 3.98. The number of nitro groups is 1. The minimum Gasteiger partial charge on any atom is -0.445 e. The first kappa shape index (κ1) is 26.8. The molecule has 194 valence electrons. The average Bonchev–Trinajstić information content (AvgIpc) is 2.82. The van der Waals surface area contributed by atoms with Crippen LogP contribution in [0.15, 0.2) is 48.5 Å². The lowest BCUT2D eigenvalue weighted by atomic mass is 9.91. The van der Waals surface area contributed by atoms with Crippen LogP contribution < -0.4 is 16.0 Å². The molecule has 1 aliphatic rings. The van der Waals surface area contributed by atoms with E-state index in [1.54, 1.807) is 12.1 Å². The van der Waals surface area contributed by atoms with E-state index in [1.807, 2.05) is 51.1 Å². The quantitative estimate of drug-likeness (QED) is 0.334. The highest BCUT2D eigenvalue weighted by Gasteiger charge is 2.26. The van der Waals surface area contributed by atoms with Gasteiger partial charge in [-0.05, 0) is 63.6 Å². The minimum absolute atomic E-state index is 0.0167. The largest absolute Gasteiger partial charge is 0.445 e. The van der Waals surface area contributed by atoms with Crippen molar-refractivity contribution in [1.29, 1.82) is 0 Å². The number of nitrogens with one attached hydrogen (secondary N) is 3. The highest BCUT2D eigenvalue weighted by atomic mass is 16.6. The molecule has 0 spiro atoms. The predicted octanol–water partition coefficient (Wildman–Crippen LogP) is 5.27. The van der Waals surface area contributed by atoms with Crippen molar-refractivity contribution in [3.63, 3.8) is 0 Å². The molecule has 0 unspecified atom stereocenters. The summed E-state index contributed by atoms with van der Waals surface area (Å²) in [5.74, 6) is 0. The van der Waals surface area contributed by atoms with Crippen molar-refractivity contribution in [1.82, 2.24) is 10.6 Å². The van der Waals surface area contributed by atoms with E-state index < -0.39 is 22.7 Å². The van der Waals surface area contributed by atoms with Crippen LogP contribution in [0.2, 0.25) is 0 Å². The van der Waals surface area contributed by atoms with Crippen LogP contribution in [0.1, 0.15) is 57.6 Å². The molecule has 0 saturated heterocycles. The molecule has 1 saturated carbocycles. The molecule has 0 bridgehead atoms. The van der Waals surface area contributed by atoms with E-state index in [2.05, 4.69) is 16.0 Å². The molecule has 10 nitrogen and oxygen atoms in total. The number of hydrogen-bond donors (Lipinski definition) is 3. The van der Waals surface area contributed by atoms with E-state index in [4.69, 9.17) is 9.47 Å². The molecule has 3 N–H and O–H groups in total. The second-order valence-corrected chi connectivity index (χ2v) is 9.86. The first-order chi connectivity index (χ1) is 17.1. The Labute approximate surface area is 210 Å². The van der Waals surface area contributed by atoms with E-state index in [-0.39, 0.29) is 30.9 Å². The molecular formula is C26H34N4O6. The maximum Gasteiger partial charge on any atom is 0.407 e. The number of carbonyl (C=O) groups is 2. The molecular weight excluding hydrogens is 464 g/mol. The van der Waals surface area contributed by atoms with Crippen molar-refractivity contribution in [3.8, 4) is 0 Å². The van der Waals surface area contributed by atoms with Gasteiger partial charge in [0, 0.05) is 24.7 Å². The monoisotopic (exact) mass is 498 g/mol. The second kappa shape index (κ2) is 12.2. The van der Waals surface area contributed by atoms with Crippen LogP contribution in [-0.2, 0) is 22.6 Å². The first-order valence-corrected chi connectivity index (χ1v) is 12.1. The lowest BCUT2D eigenvalue weighted by molar-refractivity contribution is -0.384. The second-order valence-electron chi connectivity index (χ2n) is 9.86. The summed E-state index contributed by atoms with van der Waals surface area (Å²) >= 11 is 0. The zero-order chi connectivity index (χ0) is 26.1. The summed E-state index contributed by atoms with van der Waals surface area (Å²) in [4.78, 5) is 35.2. The van der Waals surface area contributed by atoms with Gasteiger partial charge < -0.3 is 25.4 Å². The van der Waals surface area contributed by atoms with Crippen LogP contribution in [0.4, 0.5) is 21.0 Å². The van der Waals surface area contributed by atoms with Crippen LogP contribution in [-0.4, -0.2) is 34.8 Å². The highest BCUT2D eigenvalue weighted by molar-refractivity contribution is 5.68. The third-order valence-electron chi connectivity index (χ3n) is 5.72. The van der Waals surface area contributed by atoms with Gasteiger partial charge in [-0.1, -0.05) is 36.4 Å². The number of hydrogen-bond acceptors (Lipinski definition) is 7. The molecule has 0 atom stereocenters. The summed E-state index contributed by atoms with van der Waals surface area (Å²) < 4.78 is 10.5. The van der Waals surface area contributed by atoms with Crippen molar-refractivity contribution >= 4 is 23.6 Å². The van der Waals surface area contributed by atoms with Gasteiger partial charge >= 0.3 is 12.2 Å². The maximum atomic E-state index is 12.0. The van der Waals surface area contributed by atoms with Crippen LogP contribution in [0.25, 0.3) is 0 Å². The Kier molecular flexibility index (Phi) is 9.10.